The third-order valence-electron chi connectivity index (χ3n) is 6.66. The fraction of sp³-hybridized carbons (Fsp3) is 0.385. The standard InChI is InChI=1S/C26H25F3N4O3S/c1-15-11-19(7-8-22(15)36-20-9-10-31(14-20)16(2)34)33-24(37)32(23(35)25(33,3)4)18-6-5-17(13-30)21(12-18)26(27,28)29/h5-8,11-12,20H,9-10,14H2,1-4H3. The van der Waals surface area contributed by atoms with E-state index < -0.39 is 28.7 Å². The van der Waals surface area contributed by atoms with Crippen LogP contribution in [0.2, 0.25) is 0 Å². The second kappa shape index (κ2) is 9.34. The molecular weight excluding hydrogens is 505 g/mol. The molecule has 1 atom stereocenters. The zero-order chi connectivity index (χ0) is 27.3. The van der Waals surface area contributed by atoms with Gasteiger partial charge in [0.2, 0.25) is 5.91 Å². The van der Waals surface area contributed by atoms with Crippen LogP contribution in [0.5, 0.6) is 5.75 Å². The summed E-state index contributed by atoms with van der Waals surface area (Å²) >= 11 is 5.60. The van der Waals surface area contributed by atoms with Gasteiger partial charge < -0.3 is 14.5 Å². The predicted octanol–water partition coefficient (Wildman–Crippen LogP) is 4.80. The number of ether oxygens (including phenoxy) is 1. The van der Waals surface area contributed by atoms with Crippen LogP contribution in [0.1, 0.15) is 43.9 Å². The molecule has 194 valence electrons. The molecule has 2 fully saturated rings. The number of alkyl halides is 3. The molecule has 37 heavy (non-hydrogen) atoms. The molecule has 0 saturated carbocycles. The Morgan fingerprint density at radius 3 is 2.43 bits per heavy atom. The summed E-state index contributed by atoms with van der Waals surface area (Å²) in [6.07, 6.45) is -4.18. The second-order valence-corrected chi connectivity index (χ2v) is 9.97. The lowest BCUT2D eigenvalue weighted by Crippen LogP contribution is -2.44. The number of likely N-dealkylation sites (tertiary alicyclic amines) is 1. The molecule has 0 radical (unpaired) electrons. The number of carbonyl (C=O) groups excluding carboxylic acids is 2. The molecule has 2 amide bonds. The van der Waals surface area contributed by atoms with Crippen LogP contribution >= 0.6 is 12.2 Å². The minimum absolute atomic E-state index is 0.00165. The minimum Gasteiger partial charge on any atom is -0.488 e. The Labute approximate surface area is 218 Å². The van der Waals surface area contributed by atoms with Crippen molar-refractivity contribution in [3.8, 4) is 11.8 Å². The van der Waals surface area contributed by atoms with Crippen molar-refractivity contribution in [1.29, 1.82) is 5.26 Å². The van der Waals surface area contributed by atoms with Gasteiger partial charge in [0, 0.05) is 25.6 Å². The molecule has 1 unspecified atom stereocenters. The molecular formula is C26H25F3N4O3S. The van der Waals surface area contributed by atoms with Gasteiger partial charge in [0.05, 0.1) is 29.4 Å². The molecule has 2 aliphatic rings. The van der Waals surface area contributed by atoms with E-state index in [1.165, 1.54) is 13.0 Å². The van der Waals surface area contributed by atoms with Gasteiger partial charge in [-0.2, -0.15) is 18.4 Å². The van der Waals surface area contributed by atoms with Crippen molar-refractivity contribution in [3.63, 3.8) is 0 Å². The number of rotatable bonds is 4. The smallest absolute Gasteiger partial charge is 0.417 e. The zero-order valence-corrected chi connectivity index (χ0v) is 21.5. The highest BCUT2D eigenvalue weighted by molar-refractivity contribution is 7.81. The van der Waals surface area contributed by atoms with E-state index in [9.17, 15) is 22.8 Å². The molecule has 4 rings (SSSR count). The second-order valence-electron chi connectivity index (χ2n) is 9.60. The lowest BCUT2D eigenvalue weighted by Gasteiger charge is -2.30. The summed E-state index contributed by atoms with van der Waals surface area (Å²) in [5, 5.41) is 9.12. The van der Waals surface area contributed by atoms with Crippen LogP contribution in [0.4, 0.5) is 24.5 Å². The highest BCUT2D eigenvalue weighted by Gasteiger charge is 2.50. The van der Waals surface area contributed by atoms with E-state index in [1.807, 2.05) is 6.92 Å². The van der Waals surface area contributed by atoms with Crippen molar-refractivity contribution in [2.75, 3.05) is 22.9 Å². The molecule has 0 aromatic heterocycles. The topological polar surface area (TPSA) is 76.9 Å². The zero-order valence-electron chi connectivity index (χ0n) is 20.7. The summed E-state index contributed by atoms with van der Waals surface area (Å²) < 4.78 is 46.8. The number of hydrogen-bond acceptors (Lipinski definition) is 5. The number of aryl methyl sites for hydroxylation is 1. The molecule has 7 nitrogen and oxygen atoms in total. The van der Waals surface area contributed by atoms with Gasteiger partial charge in [-0.1, -0.05) is 0 Å². The van der Waals surface area contributed by atoms with Crippen molar-refractivity contribution >= 4 is 40.5 Å². The van der Waals surface area contributed by atoms with E-state index in [4.69, 9.17) is 22.2 Å². The Balaban J connectivity index is 1.63. The van der Waals surface area contributed by atoms with Gasteiger partial charge in [-0.3, -0.25) is 14.5 Å². The summed E-state index contributed by atoms with van der Waals surface area (Å²) in [6, 6.07) is 9.94. The first kappa shape index (κ1) is 26.4. The molecule has 2 saturated heterocycles. The van der Waals surface area contributed by atoms with Crippen molar-refractivity contribution in [2.45, 2.75) is 51.9 Å². The third kappa shape index (κ3) is 4.73. The monoisotopic (exact) mass is 530 g/mol. The van der Waals surface area contributed by atoms with E-state index in [0.29, 0.717) is 24.5 Å². The Kier molecular flexibility index (Phi) is 6.67. The normalized spacial score (nSPS) is 19.4. The van der Waals surface area contributed by atoms with E-state index in [-0.39, 0.29) is 22.8 Å². The van der Waals surface area contributed by atoms with Crippen LogP contribution in [0.15, 0.2) is 36.4 Å². The van der Waals surface area contributed by atoms with Crippen molar-refractivity contribution < 1.29 is 27.5 Å². The fourth-order valence-electron chi connectivity index (χ4n) is 4.65. The average molecular weight is 531 g/mol. The summed E-state index contributed by atoms with van der Waals surface area (Å²) in [4.78, 5) is 29.4. The molecule has 0 N–H and O–H groups in total. The van der Waals surface area contributed by atoms with Crippen LogP contribution < -0.4 is 14.5 Å². The van der Waals surface area contributed by atoms with Gasteiger partial charge in [-0.25, -0.2) is 0 Å². The Morgan fingerprint density at radius 2 is 1.86 bits per heavy atom. The van der Waals surface area contributed by atoms with Gasteiger partial charge in [0.25, 0.3) is 5.91 Å². The highest BCUT2D eigenvalue weighted by atomic mass is 32.1. The molecule has 2 heterocycles. The van der Waals surface area contributed by atoms with Crippen LogP contribution in [-0.2, 0) is 15.8 Å². The number of amides is 2. The van der Waals surface area contributed by atoms with Crippen LogP contribution in [-0.4, -0.2) is 46.6 Å². The molecule has 0 spiro atoms. The van der Waals surface area contributed by atoms with Gasteiger partial charge in [0.15, 0.2) is 5.11 Å². The van der Waals surface area contributed by atoms with E-state index >= 15 is 0 Å². The summed E-state index contributed by atoms with van der Waals surface area (Å²) in [5.41, 5.74) is -1.56. The van der Waals surface area contributed by atoms with Gasteiger partial charge in [-0.05, 0) is 75.0 Å². The van der Waals surface area contributed by atoms with Crippen molar-refractivity contribution in [2.24, 2.45) is 0 Å². The van der Waals surface area contributed by atoms with Crippen LogP contribution in [0.25, 0.3) is 0 Å². The largest absolute Gasteiger partial charge is 0.488 e. The molecule has 2 aliphatic heterocycles. The minimum atomic E-state index is -4.77. The maximum Gasteiger partial charge on any atom is 0.417 e. The molecule has 0 aliphatic carbocycles. The number of halogens is 3. The molecule has 0 bridgehead atoms. The molecule has 2 aromatic rings. The maximum atomic E-state index is 13.5. The number of benzene rings is 2. The number of anilines is 2. The van der Waals surface area contributed by atoms with Crippen molar-refractivity contribution in [1.82, 2.24) is 4.90 Å². The first-order valence-electron chi connectivity index (χ1n) is 11.6. The molecule has 2 aromatic carbocycles. The third-order valence-corrected chi connectivity index (χ3v) is 7.02. The summed E-state index contributed by atoms with van der Waals surface area (Å²) in [6.45, 7) is 7.80. The number of thiocarbonyl (C=S) groups is 1. The number of carbonyl (C=O) groups is 2. The summed E-state index contributed by atoms with van der Waals surface area (Å²) in [5.74, 6) is 0.137. The molecule has 11 heteroatoms. The van der Waals surface area contributed by atoms with Crippen LogP contribution in [0, 0.1) is 18.3 Å². The first-order valence-corrected chi connectivity index (χ1v) is 12.0. The fourth-order valence-corrected chi connectivity index (χ4v) is 5.18. The predicted molar refractivity (Wildman–Crippen MR) is 135 cm³/mol. The first-order chi connectivity index (χ1) is 17.3. The maximum absolute atomic E-state index is 13.5. The van der Waals surface area contributed by atoms with E-state index in [1.54, 1.807) is 47.9 Å². The van der Waals surface area contributed by atoms with Crippen LogP contribution in [0.3, 0.4) is 0 Å². The lowest BCUT2D eigenvalue weighted by molar-refractivity contribution is -0.137. The number of nitrogens with zero attached hydrogens (tertiary/aromatic N) is 4. The average Bonchev–Trinajstić information content (AvgIpc) is 3.35. The van der Waals surface area contributed by atoms with Gasteiger partial charge in [0.1, 0.15) is 17.4 Å². The van der Waals surface area contributed by atoms with Crippen molar-refractivity contribution in [3.05, 3.63) is 53.1 Å². The number of hydrogen-bond donors (Lipinski definition) is 0. The quantitative estimate of drug-likeness (QED) is 0.529. The summed E-state index contributed by atoms with van der Waals surface area (Å²) in [7, 11) is 0. The lowest BCUT2D eigenvalue weighted by atomic mass is 10.0. The van der Waals surface area contributed by atoms with E-state index in [2.05, 4.69) is 0 Å². The Bertz CT molecular complexity index is 1340. The van der Waals surface area contributed by atoms with Gasteiger partial charge >= 0.3 is 6.18 Å². The Hall–Kier alpha value is -3.65. The Morgan fingerprint density at radius 1 is 1.19 bits per heavy atom. The van der Waals surface area contributed by atoms with E-state index in [0.717, 1.165) is 29.0 Å². The SMILES string of the molecule is CC(=O)N1CCC(Oc2ccc(N3C(=S)N(c4ccc(C#N)c(C(F)(F)F)c4)C(=O)C3(C)C)cc2C)C1. The van der Waals surface area contributed by atoms with Gasteiger partial charge in [-0.15, -0.1) is 0 Å². The highest BCUT2D eigenvalue weighted by Crippen LogP contribution is 2.40. The number of nitriles is 1.